The van der Waals surface area contributed by atoms with Gasteiger partial charge in [0.05, 0.1) is 0 Å². The number of rotatable bonds is 1. The molecule has 0 aromatic carbocycles. The Morgan fingerprint density at radius 2 is 1.90 bits per heavy atom. The maximum atomic E-state index is 8.36. The Morgan fingerprint density at radius 3 is 2.10 bits per heavy atom. The zero-order valence-electron chi connectivity index (χ0n) is 6.34. The van der Waals surface area contributed by atoms with Crippen molar-refractivity contribution < 1.29 is 9.90 Å². The molecule has 60 valence electrons. The van der Waals surface area contributed by atoms with Crippen LogP contribution >= 0.6 is 0 Å². The Kier molecular flexibility index (Phi) is 6.18. The van der Waals surface area contributed by atoms with E-state index in [4.69, 9.17) is 9.90 Å². The second kappa shape index (κ2) is 6.55. The summed E-state index contributed by atoms with van der Waals surface area (Å²) in [5, 5.41) is 10.2. The van der Waals surface area contributed by atoms with E-state index in [2.05, 4.69) is 12.4 Å². The quantitative estimate of drug-likeness (QED) is 0.538. The fourth-order valence-corrected chi connectivity index (χ4v) is 1.21. The Bertz CT molecular complexity index is 79.7. The van der Waals surface area contributed by atoms with Crippen LogP contribution in [0.2, 0.25) is 0 Å². The monoisotopic (exact) mass is 145 g/mol. The molecule has 0 aromatic heterocycles. The van der Waals surface area contributed by atoms with Crippen LogP contribution in [0.5, 0.6) is 0 Å². The molecule has 10 heavy (non-hydrogen) atoms. The van der Waals surface area contributed by atoms with Crippen molar-refractivity contribution in [3.8, 4) is 0 Å². The maximum Gasteiger partial charge on any atom is 0.290 e. The van der Waals surface area contributed by atoms with Crippen LogP contribution in [0.3, 0.4) is 0 Å². The molecule has 0 heterocycles. The largest absolute Gasteiger partial charge is 0.483 e. The van der Waals surface area contributed by atoms with Crippen LogP contribution in [-0.4, -0.2) is 24.7 Å². The minimum atomic E-state index is -0.250. The Labute approximate surface area is 61.4 Å². The summed E-state index contributed by atoms with van der Waals surface area (Å²) in [6, 6.07) is 0.847. The van der Waals surface area contributed by atoms with Crippen molar-refractivity contribution in [2.75, 3.05) is 7.05 Å². The van der Waals surface area contributed by atoms with Crippen molar-refractivity contribution in [1.82, 2.24) is 5.32 Å². The van der Waals surface area contributed by atoms with Gasteiger partial charge in [0.25, 0.3) is 6.47 Å². The molecule has 0 aromatic rings. The third kappa shape index (κ3) is 4.32. The normalized spacial score (nSPS) is 17.7. The van der Waals surface area contributed by atoms with Crippen LogP contribution in [-0.2, 0) is 4.79 Å². The van der Waals surface area contributed by atoms with E-state index in [0.717, 1.165) is 6.04 Å². The van der Waals surface area contributed by atoms with Gasteiger partial charge in [-0.05, 0) is 19.9 Å². The average molecular weight is 145 g/mol. The number of hydrogen-bond acceptors (Lipinski definition) is 2. The van der Waals surface area contributed by atoms with E-state index in [-0.39, 0.29) is 6.47 Å². The molecule has 0 saturated heterocycles. The van der Waals surface area contributed by atoms with Crippen molar-refractivity contribution in [2.24, 2.45) is 0 Å². The number of carboxylic acid groups (broad SMARTS) is 1. The van der Waals surface area contributed by atoms with Crippen LogP contribution in [0.4, 0.5) is 0 Å². The van der Waals surface area contributed by atoms with Gasteiger partial charge in [0, 0.05) is 6.04 Å². The van der Waals surface area contributed by atoms with E-state index >= 15 is 0 Å². The summed E-state index contributed by atoms with van der Waals surface area (Å²) in [6.07, 6.45) is 5.67. The molecule has 0 aliphatic heterocycles. The highest BCUT2D eigenvalue weighted by molar-refractivity contribution is 5.32. The Hall–Kier alpha value is -0.570. The lowest BCUT2D eigenvalue weighted by Crippen LogP contribution is -2.20. The number of hydrogen-bond donors (Lipinski definition) is 2. The van der Waals surface area contributed by atoms with Gasteiger partial charge in [0.2, 0.25) is 0 Å². The lowest BCUT2D eigenvalue weighted by atomic mass is 10.3. The fraction of sp³-hybridized carbons (Fsp3) is 0.857. The first-order valence-electron chi connectivity index (χ1n) is 3.60. The van der Waals surface area contributed by atoms with Gasteiger partial charge in [0.1, 0.15) is 0 Å². The van der Waals surface area contributed by atoms with Crippen LogP contribution in [0.15, 0.2) is 0 Å². The smallest absolute Gasteiger partial charge is 0.290 e. The standard InChI is InChI=1S/C6H13N.CH2O2/c1-7-6-4-2-3-5-6;2-1-3/h6-7H,2-5H2,1H3;1H,(H,2,3). The van der Waals surface area contributed by atoms with Crippen molar-refractivity contribution in [3.63, 3.8) is 0 Å². The van der Waals surface area contributed by atoms with Crippen molar-refractivity contribution in [2.45, 2.75) is 31.7 Å². The summed E-state index contributed by atoms with van der Waals surface area (Å²) >= 11 is 0. The summed E-state index contributed by atoms with van der Waals surface area (Å²) in [5.74, 6) is 0. The molecule has 0 radical (unpaired) electrons. The van der Waals surface area contributed by atoms with Crippen molar-refractivity contribution >= 4 is 6.47 Å². The highest BCUT2D eigenvalue weighted by Gasteiger charge is 2.10. The van der Waals surface area contributed by atoms with Gasteiger partial charge in [-0.3, -0.25) is 4.79 Å². The first-order chi connectivity index (χ1) is 4.85. The second-order valence-electron chi connectivity index (χ2n) is 2.38. The molecule has 0 amide bonds. The van der Waals surface area contributed by atoms with Gasteiger partial charge in [-0.1, -0.05) is 12.8 Å². The average Bonchev–Trinajstić information content (AvgIpc) is 2.39. The van der Waals surface area contributed by atoms with E-state index in [9.17, 15) is 0 Å². The Morgan fingerprint density at radius 1 is 1.50 bits per heavy atom. The molecule has 2 N–H and O–H groups in total. The highest BCUT2D eigenvalue weighted by atomic mass is 16.3. The van der Waals surface area contributed by atoms with E-state index in [1.165, 1.54) is 25.7 Å². The zero-order valence-corrected chi connectivity index (χ0v) is 6.34. The third-order valence-electron chi connectivity index (χ3n) is 1.76. The topological polar surface area (TPSA) is 49.3 Å². The fourth-order valence-electron chi connectivity index (χ4n) is 1.21. The number of nitrogens with one attached hydrogen (secondary N) is 1. The van der Waals surface area contributed by atoms with Gasteiger partial charge >= 0.3 is 0 Å². The molecule has 0 atom stereocenters. The molecule has 1 saturated carbocycles. The molecule has 0 spiro atoms. The van der Waals surface area contributed by atoms with Crippen LogP contribution < -0.4 is 5.32 Å². The minimum Gasteiger partial charge on any atom is -0.483 e. The molecule has 1 aliphatic carbocycles. The molecule has 0 bridgehead atoms. The van der Waals surface area contributed by atoms with E-state index in [1.807, 2.05) is 0 Å². The first-order valence-corrected chi connectivity index (χ1v) is 3.60. The maximum absolute atomic E-state index is 8.36. The molecule has 1 fully saturated rings. The Balaban J connectivity index is 0.000000236. The first kappa shape index (κ1) is 9.43. The second-order valence-corrected chi connectivity index (χ2v) is 2.38. The summed E-state index contributed by atoms with van der Waals surface area (Å²) in [5.41, 5.74) is 0. The van der Waals surface area contributed by atoms with E-state index in [1.54, 1.807) is 0 Å². The van der Waals surface area contributed by atoms with Crippen LogP contribution in [0, 0.1) is 0 Å². The SMILES string of the molecule is CNC1CCCC1.O=CO. The van der Waals surface area contributed by atoms with Gasteiger partial charge in [-0.25, -0.2) is 0 Å². The van der Waals surface area contributed by atoms with Gasteiger partial charge in [-0.2, -0.15) is 0 Å². The van der Waals surface area contributed by atoms with Crippen molar-refractivity contribution in [1.29, 1.82) is 0 Å². The zero-order chi connectivity index (χ0) is 7.82. The molecule has 3 nitrogen and oxygen atoms in total. The minimum absolute atomic E-state index is 0.250. The predicted molar refractivity (Wildman–Crippen MR) is 40.0 cm³/mol. The van der Waals surface area contributed by atoms with E-state index < -0.39 is 0 Å². The summed E-state index contributed by atoms with van der Waals surface area (Å²) in [4.78, 5) is 8.36. The molecule has 0 unspecified atom stereocenters. The molecule has 3 heteroatoms. The van der Waals surface area contributed by atoms with Crippen LogP contribution in [0.1, 0.15) is 25.7 Å². The van der Waals surface area contributed by atoms with Crippen molar-refractivity contribution in [3.05, 3.63) is 0 Å². The summed E-state index contributed by atoms with van der Waals surface area (Å²) in [7, 11) is 2.05. The van der Waals surface area contributed by atoms with Gasteiger partial charge in [0.15, 0.2) is 0 Å². The highest BCUT2D eigenvalue weighted by Crippen LogP contribution is 2.16. The predicted octanol–water partition coefficient (Wildman–Crippen LogP) is 0.849. The molecule has 1 aliphatic rings. The number of carbonyl (C=O) groups is 1. The molecular weight excluding hydrogens is 130 g/mol. The lowest BCUT2D eigenvalue weighted by Gasteiger charge is -2.03. The molecule has 1 rings (SSSR count). The van der Waals surface area contributed by atoms with Gasteiger partial charge in [-0.15, -0.1) is 0 Å². The van der Waals surface area contributed by atoms with Gasteiger partial charge < -0.3 is 10.4 Å². The van der Waals surface area contributed by atoms with E-state index in [0.29, 0.717) is 0 Å². The lowest BCUT2D eigenvalue weighted by molar-refractivity contribution is -0.122. The van der Waals surface area contributed by atoms with Crippen LogP contribution in [0.25, 0.3) is 0 Å². The summed E-state index contributed by atoms with van der Waals surface area (Å²) in [6.45, 7) is -0.250. The molecular formula is C7H15NO2. The third-order valence-corrected chi connectivity index (χ3v) is 1.76. The summed E-state index contributed by atoms with van der Waals surface area (Å²) < 4.78 is 0.